The Balaban J connectivity index is 2.07. The highest BCUT2D eigenvalue weighted by Gasteiger charge is 2.15. The van der Waals surface area contributed by atoms with E-state index >= 15 is 0 Å². The van der Waals surface area contributed by atoms with Crippen LogP contribution in [0.4, 0.5) is 0 Å². The minimum absolute atomic E-state index is 0.463. The highest BCUT2D eigenvalue weighted by molar-refractivity contribution is 5.79. The number of aromatic nitrogens is 3. The molecule has 2 rings (SSSR count). The first-order chi connectivity index (χ1) is 13.6. The van der Waals surface area contributed by atoms with E-state index in [1.807, 2.05) is 11.7 Å². The van der Waals surface area contributed by atoms with Crippen molar-refractivity contribution in [3.63, 3.8) is 0 Å². The average molecular weight is 389 g/mol. The van der Waals surface area contributed by atoms with E-state index in [-0.39, 0.29) is 0 Å². The fraction of sp³-hybridized carbons (Fsp3) is 0.667. The summed E-state index contributed by atoms with van der Waals surface area (Å²) in [5.41, 5.74) is 4.66. The fourth-order valence-corrected chi connectivity index (χ4v) is 3.55. The summed E-state index contributed by atoms with van der Waals surface area (Å²) < 4.78 is 7.49. The smallest absolute Gasteiger partial charge is 0.191 e. The molecule has 0 unspecified atom stereocenters. The molecule has 28 heavy (non-hydrogen) atoms. The quantitative estimate of drug-likeness (QED) is 0.479. The van der Waals surface area contributed by atoms with Gasteiger partial charge in [0.1, 0.15) is 0 Å². The van der Waals surface area contributed by atoms with E-state index in [1.54, 1.807) is 0 Å². The van der Waals surface area contributed by atoms with Gasteiger partial charge >= 0.3 is 0 Å². The van der Waals surface area contributed by atoms with Crippen molar-refractivity contribution in [3.8, 4) is 0 Å². The monoisotopic (exact) mass is 388 g/mol. The molecular formula is C21H36N6O. The molecule has 156 valence electrons. The van der Waals surface area contributed by atoms with E-state index < -0.39 is 0 Å². The van der Waals surface area contributed by atoms with Gasteiger partial charge in [-0.25, -0.2) is 4.99 Å². The first-order valence-corrected chi connectivity index (χ1v) is 10.6. The molecule has 2 aromatic rings. The average Bonchev–Trinajstić information content (AvgIpc) is 3.28. The van der Waals surface area contributed by atoms with Crippen LogP contribution in [-0.4, -0.2) is 27.4 Å². The Hall–Kier alpha value is -2.31. The largest absolute Gasteiger partial charge is 0.359 e. The standard InChI is InChI=1S/C21H36N6O/c1-7-15(8-2)19-12-16(28-26-19)13-23-21(22-11-5)24-14-17-18(9-3)25-27(6)20(17)10-4/h12,15H,7-11,13-14H2,1-6H3,(H2,22,23,24). The van der Waals surface area contributed by atoms with E-state index in [2.05, 4.69) is 61.6 Å². The zero-order valence-corrected chi connectivity index (χ0v) is 18.3. The molecule has 0 bridgehead atoms. The number of hydrogen-bond acceptors (Lipinski definition) is 4. The van der Waals surface area contributed by atoms with Crippen molar-refractivity contribution >= 4 is 5.96 Å². The third-order valence-corrected chi connectivity index (χ3v) is 5.18. The minimum atomic E-state index is 0.463. The van der Waals surface area contributed by atoms with Crippen LogP contribution in [0.5, 0.6) is 0 Å². The van der Waals surface area contributed by atoms with Gasteiger partial charge in [-0.05, 0) is 32.6 Å². The second-order valence-corrected chi connectivity index (χ2v) is 6.98. The van der Waals surface area contributed by atoms with Crippen molar-refractivity contribution in [2.75, 3.05) is 6.54 Å². The predicted octanol–water partition coefficient (Wildman–Crippen LogP) is 3.69. The SMILES string of the molecule is CCNC(=NCc1c(CC)nn(C)c1CC)NCc1cc(C(CC)CC)no1. The lowest BCUT2D eigenvalue weighted by Gasteiger charge is -2.10. The van der Waals surface area contributed by atoms with Gasteiger partial charge in [0.25, 0.3) is 0 Å². The van der Waals surface area contributed by atoms with Crippen molar-refractivity contribution in [1.82, 2.24) is 25.6 Å². The lowest BCUT2D eigenvalue weighted by Crippen LogP contribution is -2.36. The van der Waals surface area contributed by atoms with Gasteiger partial charge in [0.15, 0.2) is 11.7 Å². The number of aryl methyl sites for hydroxylation is 2. The van der Waals surface area contributed by atoms with Crippen molar-refractivity contribution in [3.05, 3.63) is 34.5 Å². The highest BCUT2D eigenvalue weighted by atomic mass is 16.5. The predicted molar refractivity (Wildman–Crippen MR) is 113 cm³/mol. The molecule has 0 radical (unpaired) electrons. The fourth-order valence-electron chi connectivity index (χ4n) is 3.55. The molecule has 0 aliphatic carbocycles. The van der Waals surface area contributed by atoms with E-state index in [4.69, 9.17) is 9.52 Å². The van der Waals surface area contributed by atoms with E-state index in [1.165, 1.54) is 11.3 Å². The zero-order valence-electron chi connectivity index (χ0n) is 18.3. The van der Waals surface area contributed by atoms with Crippen LogP contribution < -0.4 is 10.6 Å². The molecule has 0 aliphatic rings. The number of hydrogen-bond donors (Lipinski definition) is 2. The summed E-state index contributed by atoms with van der Waals surface area (Å²) in [5.74, 6) is 2.07. The molecule has 0 amide bonds. The molecule has 2 N–H and O–H groups in total. The van der Waals surface area contributed by atoms with Crippen LogP contribution in [0, 0.1) is 0 Å². The number of guanidine groups is 1. The molecule has 0 aliphatic heterocycles. The lowest BCUT2D eigenvalue weighted by molar-refractivity contribution is 0.368. The first kappa shape index (κ1) is 22.0. The van der Waals surface area contributed by atoms with E-state index in [0.29, 0.717) is 19.0 Å². The maximum atomic E-state index is 5.51. The number of nitrogens with zero attached hydrogens (tertiary/aromatic N) is 4. The summed E-state index contributed by atoms with van der Waals surface area (Å²) in [6, 6.07) is 2.06. The van der Waals surface area contributed by atoms with Crippen molar-refractivity contribution in [1.29, 1.82) is 0 Å². The van der Waals surface area contributed by atoms with Gasteiger partial charge in [0.2, 0.25) is 0 Å². The second-order valence-electron chi connectivity index (χ2n) is 6.98. The number of aliphatic imine (C=N–C) groups is 1. The summed E-state index contributed by atoms with van der Waals surface area (Å²) in [7, 11) is 2.01. The van der Waals surface area contributed by atoms with Gasteiger partial charge in [0, 0.05) is 36.8 Å². The maximum absolute atomic E-state index is 5.51. The molecule has 0 spiro atoms. The molecule has 0 aromatic carbocycles. The van der Waals surface area contributed by atoms with Crippen LogP contribution in [0.25, 0.3) is 0 Å². The van der Waals surface area contributed by atoms with E-state index in [0.717, 1.165) is 55.3 Å². The van der Waals surface area contributed by atoms with Gasteiger partial charge in [-0.3, -0.25) is 4.68 Å². The molecule has 2 heterocycles. The summed E-state index contributed by atoms with van der Waals surface area (Å²) in [6.07, 6.45) is 4.02. The second kappa shape index (κ2) is 10.9. The Labute approximate surface area is 169 Å². The Bertz CT molecular complexity index is 757. The highest BCUT2D eigenvalue weighted by Crippen LogP contribution is 2.22. The van der Waals surface area contributed by atoms with Crippen LogP contribution in [0.15, 0.2) is 15.6 Å². The van der Waals surface area contributed by atoms with Crippen molar-refractivity contribution in [2.45, 2.75) is 79.3 Å². The molecule has 7 nitrogen and oxygen atoms in total. The summed E-state index contributed by atoms with van der Waals surface area (Å²) >= 11 is 0. The molecule has 0 saturated carbocycles. The van der Waals surface area contributed by atoms with Crippen LogP contribution >= 0.6 is 0 Å². The molecule has 0 atom stereocenters. The summed E-state index contributed by atoms with van der Waals surface area (Å²) in [4.78, 5) is 4.78. The Morgan fingerprint density at radius 2 is 1.89 bits per heavy atom. The van der Waals surface area contributed by atoms with Crippen LogP contribution in [0.2, 0.25) is 0 Å². The van der Waals surface area contributed by atoms with Gasteiger partial charge in [-0.2, -0.15) is 5.10 Å². The van der Waals surface area contributed by atoms with Crippen molar-refractivity contribution in [2.24, 2.45) is 12.0 Å². The third kappa shape index (κ3) is 5.36. The van der Waals surface area contributed by atoms with Crippen LogP contribution in [-0.2, 0) is 33.0 Å². The first-order valence-electron chi connectivity index (χ1n) is 10.6. The Morgan fingerprint density at radius 1 is 1.14 bits per heavy atom. The summed E-state index contributed by atoms with van der Waals surface area (Å²) in [6.45, 7) is 12.7. The van der Waals surface area contributed by atoms with Gasteiger partial charge in [0.05, 0.1) is 24.5 Å². The van der Waals surface area contributed by atoms with Crippen LogP contribution in [0.1, 0.15) is 81.8 Å². The lowest BCUT2D eigenvalue weighted by atomic mass is 9.99. The molecule has 0 fully saturated rings. The topological polar surface area (TPSA) is 80.3 Å². The van der Waals surface area contributed by atoms with Gasteiger partial charge in [-0.15, -0.1) is 0 Å². The number of rotatable bonds is 10. The number of nitrogens with one attached hydrogen (secondary N) is 2. The molecule has 2 aromatic heterocycles. The molecule has 7 heteroatoms. The van der Waals surface area contributed by atoms with E-state index in [9.17, 15) is 0 Å². The third-order valence-electron chi connectivity index (χ3n) is 5.18. The molecular weight excluding hydrogens is 352 g/mol. The minimum Gasteiger partial charge on any atom is -0.359 e. The van der Waals surface area contributed by atoms with Crippen LogP contribution in [0.3, 0.4) is 0 Å². The summed E-state index contributed by atoms with van der Waals surface area (Å²) in [5, 5.41) is 15.5. The van der Waals surface area contributed by atoms with Crippen molar-refractivity contribution < 1.29 is 4.52 Å². The van der Waals surface area contributed by atoms with Gasteiger partial charge in [-0.1, -0.05) is 32.9 Å². The van der Waals surface area contributed by atoms with Gasteiger partial charge < -0.3 is 15.2 Å². The Kier molecular flexibility index (Phi) is 8.54. The Morgan fingerprint density at radius 3 is 2.50 bits per heavy atom. The zero-order chi connectivity index (χ0) is 20.5. The molecule has 0 saturated heterocycles. The normalized spacial score (nSPS) is 12.0. The maximum Gasteiger partial charge on any atom is 0.191 e.